The number of fused-ring (bicyclic) bond motifs is 2. The summed E-state index contributed by atoms with van der Waals surface area (Å²) in [4.78, 5) is 30.0. The van der Waals surface area contributed by atoms with E-state index in [0.717, 1.165) is 17.5 Å². The Hall–Kier alpha value is -3.44. The SMILES string of the molecule is COC(=O)C1(C(=O)OC)CC2Cc3ccccc3C(C)(C)C2N(Cc2ccccc2)C1c1ccccc1. The van der Waals surface area contributed by atoms with Crippen molar-refractivity contribution in [2.45, 2.75) is 50.7 Å². The zero-order chi connectivity index (χ0) is 26.2. The molecule has 0 N–H and O–H groups in total. The van der Waals surface area contributed by atoms with Crippen molar-refractivity contribution >= 4 is 11.9 Å². The fourth-order valence-electron chi connectivity index (χ4n) is 7.24. The molecule has 37 heavy (non-hydrogen) atoms. The topological polar surface area (TPSA) is 55.8 Å². The van der Waals surface area contributed by atoms with Crippen molar-refractivity contribution < 1.29 is 19.1 Å². The number of hydrogen-bond acceptors (Lipinski definition) is 5. The molecule has 5 rings (SSSR count). The maximum atomic E-state index is 13.8. The van der Waals surface area contributed by atoms with Crippen molar-refractivity contribution in [2.75, 3.05) is 14.2 Å². The van der Waals surface area contributed by atoms with E-state index in [0.29, 0.717) is 13.0 Å². The summed E-state index contributed by atoms with van der Waals surface area (Å²) in [6.45, 7) is 5.18. The van der Waals surface area contributed by atoms with Gasteiger partial charge in [-0.2, -0.15) is 0 Å². The maximum Gasteiger partial charge on any atom is 0.325 e. The predicted octanol–water partition coefficient (Wildman–Crippen LogP) is 5.48. The van der Waals surface area contributed by atoms with E-state index in [-0.39, 0.29) is 17.4 Å². The Bertz CT molecular complexity index is 1250. The average molecular weight is 498 g/mol. The molecule has 1 saturated heterocycles. The Morgan fingerprint density at radius 1 is 0.838 bits per heavy atom. The van der Waals surface area contributed by atoms with Gasteiger partial charge >= 0.3 is 11.9 Å². The first kappa shape index (κ1) is 25.2. The highest BCUT2D eigenvalue weighted by Gasteiger charge is 2.65. The molecule has 3 atom stereocenters. The van der Waals surface area contributed by atoms with Gasteiger partial charge < -0.3 is 9.47 Å². The lowest BCUT2D eigenvalue weighted by Gasteiger charge is -2.60. The monoisotopic (exact) mass is 497 g/mol. The van der Waals surface area contributed by atoms with Crippen molar-refractivity contribution in [2.24, 2.45) is 11.3 Å². The molecule has 1 fully saturated rings. The van der Waals surface area contributed by atoms with E-state index in [4.69, 9.17) is 9.47 Å². The van der Waals surface area contributed by atoms with Gasteiger partial charge in [0.05, 0.1) is 20.3 Å². The third-order valence-corrected chi connectivity index (χ3v) is 8.54. The second-order valence-electron chi connectivity index (χ2n) is 10.9. The summed E-state index contributed by atoms with van der Waals surface area (Å²) in [6.07, 6.45) is 1.15. The number of benzene rings is 3. The number of ether oxygens (including phenoxy) is 2. The molecule has 0 amide bonds. The van der Waals surface area contributed by atoms with Crippen molar-refractivity contribution in [3.8, 4) is 0 Å². The van der Waals surface area contributed by atoms with Gasteiger partial charge in [0.2, 0.25) is 0 Å². The van der Waals surface area contributed by atoms with E-state index in [1.807, 2.05) is 48.5 Å². The molecule has 1 heterocycles. The molecule has 5 nitrogen and oxygen atoms in total. The summed E-state index contributed by atoms with van der Waals surface area (Å²) in [7, 11) is 2.73. The Labute approximate surface area is 219 Å². The van der Waals surface area contributed by atoms with Gasteiger partial charge in [0, 0.05) is 18.0 Å². The second-order valence-corrected chi connectivity index (χ2v) is 10.9. The summed E-state index contributed by atoms with van der Waals surface area (Å²) in [5.41, 5.74) is 2.91. The van der Waals surface area contributed by atoms with Crippen LogP contribution in [-0.4, -0.2) is 37.1 Å². The van der Waals surface area contributed by atoms with Gasteiger partial charge in [0.15, 0.2) is 5.41 Å². The summed E-state index contributed by atoms with van der Waals surface area (Å²) < 4.78 is 10.8. The van der Waals surface area contributed by atoms with E-state index in [9.17, 15) is 9.59 Å². The molecule has 1 aliphatic heterocycles. The molecule has 1 aliphatic carbocycles. The van der Waals surface area contributed by atoms with E-state index in [1.165, 1.54) is 25.3 Å². The van der Waals surface area contributed by atoms with Crippen LogP contribution >= 0.6 is 0 Å². The molecule has 3 aromatic rings. The molecule has 3 aromatic carbocycles. The minimum absolute atomic E-state index is 0.0479. The van der Waals surface area contributed by atoms with Crippen LogP contribution in [0.25, 0.3) is 0 Å². The molecule has 0 radical (unpaired) electrons. The van der Waals surface area contributed by atoms with Crippen LogP contribution in [0, 0.1) is 11.3 Å². The number of carbonyl (C=O) groups excluding carboxylic acids is 2. The van der Waals surface area contributed by atoms with Crippen LogP contribution in [0.4, 0.5) is 0 Å². The van der Waals surface area contributed by atoms with Crippen molar-refractivity contribution in [1.29, 1.82) is 0 Å². The summed E-state index contributed by atoms with van der Waals surface area (Å²) in [6, 6.07) is 28.3. The first-order valence-corrected chi connectivity index (χ1v) is 12.9. The van der Waals surface area contributed by atoms with Crippen LogP contribution in [0.5, 0.6) is 0 Å². The Kier molecular flexibility index (Phi) is 6.67. The van der Waals surface area contributed by atoms with Crippen molar-refractivity contribution in [3.05, 3.63) is 107 Å². The molecule has 0 aromatic heterocycles. The first-order chi connectivity index (χ1) is 17.8. The van der Waals surface area contributed by atoms with Gasteiger partial charge in [-0.1, -0.05) is 98.8 Å². The number of likely N-dealkylation sites (tertiary alicyclic amines) is 1. The minimum atomic E-state index is -1.50. The molecule has 5 heteroatoms. The zero-order valence-electron chi connectivity index (χ0n) is 22.0. The Morgan fingerprint density at radius 3 is 2.03 bits per heavy atom. The number of nitrogens with zero attached hydrogens (tertiary/aromatic N) is 1. The lowest BCUT2D eigenvalue weighted by molar-refractivity contribution is -0.189. The molecular weight excluding hydrogens is 462 g/mol. The predicted molar refractivity (Wildman–Crippen MR) is 143 cm³/mol. The lowest BCUT2D eigenvalue weighted by atomic mass is 9.55. The molecular formula is C32H35NO4. The molecule has 0 saturated carbocycles. The number of rotatable bonds is 5. The summed E-state index contributed by atoms with van der Waals surface area (Å²) in [5, 5.41) is 0. The highest BCUT2D eigenvalue weighted by atomic mass is 16.5. The van der Waals surface area contributed by atoms with Gasteiger partial charge in [-0.15, -0.1) is 0 Å². The van der Waals surface area contributed by atoms with Crippen LogP contribution in [0.15, 0.2) is 84.9 Å². The van der Waals surface area contributed by atoms with E-state index in [2.05, 4.69) is 55.1 Å². The number of carbonyl (C=O) groups is 2. The van der Waals surface area contributed by atoms with Crippen LogP contribution in [0.1, 0.15) is 48.6 Å². The Balaban J connectivity index is 1.79. The quantitative estimate of drug-likeness (QED) is 0.345. The normalized spacial score (nSPS) is 23.8. The van der Waals surface area contributed by atoms with Crippen LogP contribution < -0.4 is 0 Å². The van der Waals surface area contributed by atoms with Gasteiger partial charge in [0.25, 0.3) is 0 Å². The molecule has 192 valence electrons. The van der Waals surface area contributed by atoms with Gasteiger partial charge in [-0.3, -0.25) is 14.5 Å². The van der Waals surface area contributed by atoms with Crippen molar-refractivity contribution in [1.82, 2.24) is 4.90 Å². The van der Waals surface area contributed by atoms with E-state index in [1.54, 1.807) is 0 Å². The van der Waals surface area contributed by atoms with Crippen LogP contribution in [-0.2, 0) is 37.4 Å². The van der Waals surface area contributed by atoms with Gasteiger partial charge in [0.1, 0.15) is 0 Å². The number of piperidine rings is 1. The molecule has 3 unspecified atom stereocenters. The lowest BCUT2D eigenvalue weighted by Crippen LogP contribution is -2.66. The van der Waals surface area contributed by atoms with E-state index < -0.39 is 23.4 Å². The highest BCUT2D eigenvalue weighted by molar-refractivity contribution is 6.01. The third kappa shape index (κ3) is 4.06. The minimum Gasteiger partial charge on any atom is -0.468 e. The molecule has 0 spiro atoms. The largest absolute Gasteiger partial charge is 0.468 e. The Morgan fingerprint density at radius 2 is 1.41 bits per heavy atom. The van der Waals surface area contributed by atoms with Gasteiger partial charge in [-0.05, 0) is 41.0 Å². The summed E-state index contributed by atoms with van der Waals surface area (Å²) in [5.74, 6) is -1.03. The fourth-order valence-corrected chi connectivity index (χ4v) is 7.24. The average Bonchev–Trinajstić information content (AvgIpc) is 2.92. The maximum absolute atomic E-state index is 13.8. The molecule has 2 aliphatic rings. The third-order valence-electron chi connectivity index (χ3n) is 8.54. The fraction of sp³-hybridized carbons (Fsp3) is 0.375. The highest BCUT2D eigenvalue weighted by Crippen LogP contribution is 2.58. The second kappa shape index (κ2) is 9.79. The van der Waals surface area contributed by atoms with Gasteiger partial charge in [-0.25, -0.2) is 0 Å². The van der Waals surface area contributed by atoms with Crippen LogP contribution in [0.3, 0.4) is 0 Å². The smallest absolute Gasteiger partial charge is 0.325 e. The number of hydrogen-bond donors (Lipinski definition) is 0. The number of methoxy groups -OCH3 is 2. The summed E-state index contributed by atoms with van der Waals surface area (Å²) >= 11 is 0. The molecule has 0 bridgehead atoms. The standard InChI is InChI=1S/C32H35NO4/c1-31(2)26-18-12-11-17-24(26)19-25-20-32(29(34)36-3,30(35)37-4)28(23-15-9-6-10-16-23)33(27(25)31)21-22-13-7-5-8-14-22/h5-18,25,27-28H,19-21H2,1-4H3. The zero-order valence-corrected chi connectivity index (χ0v) is 22.0. The number of esters is 2. The first-order valence-electron chi connectivity index (χ1n) is 12.9. The van der Waals surface area contributed by atoms with Crippen molar-refractivity contribution in [3.63, 3.8) is 0 Å². The van der Waals surface area contributed by atoms with Crippen LogP contribution in [0.2, 0.25) is 0 Å². The van der Waals surface area contributed by atoms with E-state index >= 15 is 0 Å².